The molecule has 1 amide bonds. The second-order valence-corrected chi connectivity index (χ2v) is 5.87. The lowest BCUT2D eigenvalue weighted by molar-refractivity contribution is -0.115. The van der Waals surface area contributed by atoms with E-state index < -0.39 is 0 Å². The van der Waals surface area contributed by atoms with E-state index in [4.69, 9.17) is 11.6 Å². The Kier molecular flexibility index (Phi) is 7.09. The van der Waals surface area contributed by atoms with Crippen LogP contribution < -0.4 is 15.5 Å². The van der Waals surface area contributed by atoms with E-state index in [1.807, 2.05) is 48.5 Å². The van der Waals surface area contributed by atoms with Crippen LogP contribution in [-0.2, 0) is 11.3 Å². The van der Waals surface area contributed by atoms with E-state index in [0.29, 0.717) is 11.6 Å². The molecular weight excluding hydrogens is 322 g/mol. The third-order valence-electron chi connectivity index (χ3n) is 3.84. The Labute approximate surface area is 148 Å². The van der Waals surface area contributed by atoms with Gasteiger partial charge in [-0.3, -0.25) is 4.79 Å². The highest BCUT2D eigenvalue weighted by Crippen LogP contribution is 2.17. The highest BCUT2D eigenvalue weighted by molar-refractivity contribution is 6.31. The van der Waals surface area contributed by atoms with Crippen LogP contribution in [0.25, 0.3) is 0 Å². The predicted molar refractivity (Wildman–Crippen MR) is 102 cm³/mol. The van der Waals surface area contributed by atoms with Gasteiger partial charge in [0.15, 0.2) is 0 Å². The van der Waals surface area contributed by atoms with Crippen molar-refractivity contribution in [3.63, 3.8) is 0 Å². The number of nitrogens with zero attached hydrogens (tertiary/aromatic N) is 1. The minimum Gasteiger partial charge on any atom is -0.372 e. The van der Waals surface area contributed by atoms with Crippen molar-refractivity contribution < 1.29 is 4.79 Å². The zero-order valence-corrected chi connectivity index (χ0v) is 14.9. The van der Waals surface area contributed by atoms with Gasteiger partial charge in [0, 0.05) is 36.0 Å². The Balaban J connectivity index is 1.81. The lowest BCUT2D eigenvalue weighted by atomic mass is 10.2. The fraction of sp³-hybridized carbons (Fsp3) is 0.316. The summed E-state index contributed by atoms with van der Waals surface area (Å²) in [7, 11) is 0. The van der Waals surface area contributed by atoms with Crippen molar-refractivity contribution >= 4 is 28.9 Å². The summed E-state index contributed by atoms with van der Waals surface area (Å²) in [6.07, 6.45) is 0. The molecule has 0 aliphatic carbocycles. The molecule has 0 spiro atoms. The molecule has 0 atom stereocenters. The Morgan fingerprint density at radius 2 is 1.71 bits per heavy atom. The molecule has 24 heavy (non-hydrogen) atoms. The van der Waals surface area contributed by atoms with Crippen LogP contribution in [0, 0.1) is 0 Å². The number of anilines is 2. The smallest absolute Gasteiger partial charge is 0.238 e. The number of carbonyl (C=O) groups is 1. The highest BCUT2D eigenvalue weighted by atomic mass is 35.5. The molecule has 128 valence electrons. The molecular formula is C19H24ClN3O. The predicted octanol–water partition coefficient (Wildman–Crippen LogP) is 3.91. The summed E-state index contributed by atoms with van der Waals surface area (Å²) in [6.45, 7) is 6.99. The summed E-state index contributed by atoms with van der Waals surface area (Å²) < 4.78 is 0. The number of carbonyl (C=O) groups excluding carboxylic acids is 1. The molecule has 0 bridgehead atoms. The van der Waals surface area contributed by atoms with Crippen LogP contribution in [-0.4, -0.2) is 25.5 Å². The number of nitrogens with one attached hydrogen (secondary N) is 2. The summed E-state index contributed by atoms with van der Waals surface area (Å²) in [4.78, 5) is 14.3. The van der Waals surface area contributed by atoms with Crippen LogP contribution in [0.5, 0.6) is 0 Å². The average Bonchev–Trinajstić information content (AvgIpc) is 2.59. The first-order chi connectivity index (χ1) is 11.6. The molecule has 0 aliphatic heterocycles. The quantitative estimate of drug-likeness (QED) is 0.762. The molecule has 2 N–H and O–H groups in total. The van der Waals surface area contributed by atoms with E-state index >= 15 is 0 Å². The molecule has 2 aromatic carbocycles. The maximum atomic E-state index is 12.0. The van der Waals surface area contributed by atoms with Gasteiger partial charge in [-0.05, 0) is 49.7 Å². The minimum atomic E-state index is -0.0716. The van der Waals surface area contributed by atoms with Crippen LogP contribution in [0.1, 0.15) is 19.4 Å². The Morgan fingerprint density at radius 1 is 1.04 bits per heavy atom. The normalized spacial score (nSPS) is 10.5. The van der Waals surface area contributed by atoms with Crippen molar-refractivity contribution in [3.8, 4) is 0 Å². The van der Waals surface area contributed by atoms with Crippen molar-refractivity contribution in [2.75, 3.05) is 29.9 Å². The van der Waals surface area contributed by atoms with Gasteiger partial charge in [-0.1, -0.05) is 29.8 Å². The molecule has 4 nitrogen and oxygen atoms in total. The number of rotatable bonds is 8. The summed E-state index contributed by atoms with van der Waals surface area (Å²) in [5.41, 5.74) is 2.95. The third kappa shape index (κ3) is 5.25. The second kappa shape index (κ2) is 9.30. The molecule has 5 heteroatoms. The van der Waals surface area contributed by atoms with Gasteiger partial charge in [-0.15, -0.1) is 0 Å². The van der Waals surface area contributed by atoms with Crippen LogP contribution in [0.3, 0.4) is 0 Å². The average molecular weight is 346 g/mol. The zero-order chi connectivity index (χ0) is 17.4. The zero-order valence-electron chi connectivity index (χ0n) is 14.2. The lowest BCUT2D eigenvalue weighted by Gasteiger charge is -2.21. The molecule has 0 unspecified atom stereocenters. The van der Waals surface area contributed by atoms with Crippen molar-refractivity contribution in [2.45, 2.75) is 20.4 Å². The lowest BCUT2D eigenvalue weighted by Crippen LogP contribution is -2.27. The van der Waals surface area contributed by atoms with Gasteiger partial charge in [-0.2, -0.15) is 0 Å². The van der Waals surface area contributed by atoms with Gasteiger partial charge in [0.05, 0.1) is 6.54 Å². The number of hydrogen-bond donors (Lipinski definition) is 2. The van der Waals surface area contributed by atoms with Crippen molar-refractivity contribution in [1.29, 1.82) is 0 Å². The standard InChI is InChI=1S/C19H24ClN3O/c1-3-23(4-2)17-11-9-16(10-12-17)22-19(24)14-21-13-15-7-5-6-8-18(15)20/h5-12,21H,3-4,13-14H2,1-2H3,(H,22,24). The number of benzene rings is 2. The van der Waals surface area contributed by atoms with E-state index in [1.54, 1.807) is 0 Å². The Hall–Kier alpha value is -2.04. The van der Waals surface area contributed by atoms with Crippen molar-refractivity contribution in [3.05, 3.63) is 59.1 Å². The maximum absolute atomic E-state index is 12.0. The van der Waals surface area contributed by atoms with E-state index in [0.717, 1.165) is 30.0 Å². The van der Waals surface area contributed by atoms with Gasteiger partial charge < -0.3 is 15.5 Å². The van der Waals surface area contributed by atoms with Gasteiger partial charge in [0.1, 0.15) is 0 Å². The summed E-state index contributed by atoms with van der Waals surface area (Å²) in [5.74, 6) is -0.0716. The molecule has 0 heterocycles. The van der Waals surface area contributed by atoms with E-state index in [9.17, 15) is 4.79 Å². The molecule has 0 aliphatic rings. The van der Waals surface area contributed by atoms with Gasteiger partial charge in [-0.25, -0.2) is 0 Å². The van der Waals surface area contributed by atoms with Gasteiger partial charge in [0.2, 0.25) is 5.91 Å². The fourth-order valence-electron chi connectivity index (χ4n) is 2.50. The van der Waals surface area contributed by atoms with Gasteiger partial charge in [0.25, 0.3) is 0 Å². The fourth-order valence-corrected chi connectivity index (χ4v) is 2.70. The largest absolute Gasteiger partial charge is 0.372 e. The molecule has 0 saturated carbocycles. The van der Waals surface area contributed by atoms with Crippen molar-refractivity contribution in [2.24, 2.45) is 0 Å². The van der Waals surface area contributed by atoms with Crippen LogP contribution >= 0.6 is 11.6 Å². The summed E-state index contributed by atoms with van der Waals surface area (Å²) in [5, 5.41) is 6.70. The first kappa shape index (κ1) is 18.3. The van der Waals surface area contributed by atoms with E-state index in [2.05, 4.69) is 29.4 Å². The molecule has 0 saturated heterocycles. The molecule has 2 rings (SSSR count). The summed E-state index contributed by atoms with van der Waals surface area (Å²) in [6, 6.07) is 15.5. The molecule has 0 aromatic heterocycles. The maximum Gasteiger partial charge on any atom is 0.238 e. The van der Waals surface area contributed by atoms with Crippen LogP contribution in [0.15, 0.2) is 48.5 Å². The van der Waals surface area contributed by atoms with Crippen LogP contribution in [0.4, 0.5) is 11.4 Å². The summed E-state index contributed by atoms with van der Waals surface area (Å²) >= 11 is 6.09. The minimum absolute atomic E-state index is 0.0716. The monoisotopic (exact) mass is 345 g/mol. The Morgan fingerprint density at radius 3 is 2.33 bits per heavy atom. The second-order valence-electron chi connectivity index (χ2n) is 5.46. The van der Waals surface area contributed by atoms with Gasteiger partial charge >= 0.3 is 0 Å². The number of hydrogen-bond acceptors (Lipinski definition) is 3. The van der Waals surface area contributed by atoms with E-state index in [-0.39, 0.29) is 12.5 Å². The first-order valence-electron chi connectivity index (χ1n) is 8.23. The SMILES string of the molecule is CCN(CC)c1ccc(NC(=O)CNCc2ccccc2Cl)cc1. The third-order valence-corrected chi connectivity index (χ3v) is 4.21. The molecule has 0 radical (unpaired) electrons. The van der Waals surface area contributed by atoms with E-state index in [1.165, 1.54) is 0 Å². The number of halogens is 1. The Bertz CT molecular complexity index is 654. The first-order valence-corrected chi connectivity index (χ1v) is 8.60. The topological polar surface area (TPSA) is 44.4 Å². The van der Waals surface area contributed by atoms with Crippen molar-refractivity contribution in [1.82, 2.24) is 5.32 Å². The highest BCUT2D eigenvalue weighted by Gasteiger charge is 2.05. The number of amides is 1. The molecule has 2 aromatic rings. The van der Waals surface area contributed by atoms with Crippen LogP contribution in [0.2, 0.25) is 5.02 Å². The molecule has 0 fully saturated rings.